The minimum Gasteiger partial charge on any atom is -0.328 e. The number of halogens is 3. The Morgan fingerprint density at radius 2 is 2.05 bits per heavy atom. The summed E-state index contributed by atoms with van der Waals surface area (Å²) in [6.07, 6.45) is -1.78. The Bertz CT molecular complexity index is 725. The van der Waals surface area contributed by atoms with Gasteiger partial charge in [-0.15, -0.1) is 0 Å². The molecule has 2 aromatic heterocycles. The SMILES string of the molecule is Cc1cn2c(n1)C(=O)N(Cc1ccnc(C(F)(F)F)n1)CC2. The van der Waals surface area contributed by atoms with Gasteiger partial charge in [-0.25, -0.2) is 15.0 Å². The summed E-state index contributed by atoms with van der Waals surface area (Å²) in [5.41, 5.74) is 0.874. The first-order chi connectivity index (χ1) is 10.3. The molecule has 0 radical (unpaired) electrons. The topological polar surface area (TPSA) is 63.9 Å². The van der Waals surface area contributed by atoms with E-state index in [1.807, 2.05) is 0 Å². The molecule has 0 atom stereocenters. The molecule has 1 amide bonds. The molecule has 0 spiro atoms. The van der Waals surface area contributed by atoms with E-state index in [2.05, 4.69) is 15.0 Å². The molecule has 6 nitrogen and oxygen atoms in total. The number of carbonyl (C=O) groups is 1. The fraction of sp³-hybridized carbons (Fsp3) is 0.385. The third-order valence-electron chi connectivity index (χ3n) is 3.31. The van der Waals surface area contributed by atoms with Crippen LogP contribution in [-0.4, -0.2) is 36.9 Å². The Morgan fingerprint density at radius 3 is 2.77 bits per heavy atom. The number of aryl methyl sites for hydroxylation is 1. The number of hydrogen-bond donors (Lipinski definition) is 0. The lowest BCUT2D eigenvalue weighted by Gasteiger charge is -2.27. The molecule has 22 heavy (non-hydrogen) atoms. The van der Waals surface area contributed by atoms with Crippen molar-refractivity contribution in [3.8, 4) is 0 Å². The number of imidazole rings is 1. The van der Waals surface area contributed by atoms with E-state index < -0.39 is 12.0 Å². The summed E-state index contributed by atoms with van der Waals surface area (Å²) in [7, 11) is 0. The summed E-state index contributed by atoms with van der Waals surface area (Å²) in [6.45, 7) is 2.73. The van der Waals surface area contributed by atoms with Crippen molar-refractivity contribution in [2.75, 3.05) is 6.54 Å². The van der Waals surface area contributed by atoms with Crippen molar-refractivity contribution >= 4 is 5.91 Å². The number of fused-ring (bicyclic) bond motifs is 1. The van der Waals surface area contributed by atoms with Crippen LogP contribution in [0, 0.1) is 6.92 Å². The van der Waals surface area contributed by atoms with Crippen LogP contribution in [0.3, 0.4) is 0 Å². The summed E-state index contributed by atoms with van der Waals surface area (Å²) in [4.78, 5) is 24.6. The normalized spacial score (nSPS) is 15.1. The van der Waals surface area contributed by atoms with E-state index in [1.54, 1.807) is 17.7 Å². The first-order valence-corrected chi connectivity index (χ1v) is 6.57. The van der Waals surface area contributed by atoms with Gasteiger partial charge in [0.1, 0.15) is 0 Å². The molecule has 116 valence electrons. The highest BCUT2D eigenvalue weighted by molar-refractivity contribution is 5.91. The maximum atomic E-state index is 12.6. The molecule has 0 unspecified atom stereocenters. The van der Waals surface area contributed by atoms with E-state index in [0.717, 1.165) is 11.9 Å². The van der Waals surface area contributed by atoms with Gasteiger partial charge in [0.05, 0.1) is 17.9 Å². The average molecular weight is 311 g/mol. The predicted molar refractivity (Wildman–Crippen MR) is 68.7 cm³/mol. The van der Waals surface area contributed by atoms with E-state index in [9.17, 15) is 18.0 Å². The first kappa shape index (κ1) is 14.5. The zero-order chi connectivity index (χ0) is 15.9. The van der Waals surface area contributed by atoms with Gasteiger partial charge in [0.25, 0.3) is 5.91 Å². The number of hydrogen-bond acceptors (Lipinski definition) is 4. The number of amides is 1. The van der Waals surface area contributed by atoms with Crippen LogP contribution in [0.15, 0.2) is 18.5 Å². The van der Waals surface area contributed by atoms with Crippen molar-refractivity contribution in [3.63, 3.8) is 0 Å². The number of rotatable bonds is 2. The lowest BCUT2D eigenvalue weighted by atomic mass is 10.3. The standard InChI is InChI=1S/C13H12F3N5O/c1-8-6-20-4-5-21(11(22)10(20)18-8)7-9-2-3-17-12(19-9)13(14,15)16/h2-3,6H,4-5,7H2,1H3. The van der Waals surface area contributed by atoms with Crippen LogP contribution in [0.1, 0.15) is 27.8 Å². The second-order valence-electron chi connectivity index (χ2n) is 5.00. The summed E-state index contributed by atoms with van der Waals surface area (Å²) in [5.74, 6) is -1.22. The molecule has 9 heteroatoms. The molecule has 0 fully saturated rings. The van der Waals surface area contributed by atoms with E-state index >= 15 is 0 Å². The van der Waals surface area contributed by atoms with E-state index in [1.165, 1.54) is 11.0 Å². The fourth-order valence-electron chi connectivity index (χ4n) is 2.33. The molecule has 0 bridgehead atoms. The fourth-order valence-corrected chi connectivity index (χ4v) is 2.33. The molecule has 0 aromatic carbocycles. The minimum absolute atomic E-state index is 0.00363. The summed E-state index contributed by atoms with van der Waals surface area (Å²) in [6, 6.07) is 1.37. The molecule has 1 aliphatic heterocycles. The molecule has 3 rings (SSSR count). The van der Waals surface area contributed by atoms with Gasteiger partial charge < -0.3 is 9.47 Å². The van der Waals surface area contributed by atoms with E-state index in [0.29, 0.717) is 18.9 Å². The lowest BCUT2D eigenvalue weighted by molar-refractivity contribution is -0.145. The molecular formula is C13H12F3N5O. The highest BCUT2D eigenvalue weighted by atomic mass is 19.4. The van der Waals surface area contributed by atoms with Gasteiger partial charge in [0.2, 0.25) is 5.82 Å². The van der Waals surface area contributed by atoms with E-state index in [4.69, 9.17) is 0 Å². The molecule has 3 heterocycles. The van der Waals surface area contributed by atoms with Crippen LogP contribution in [0.5, 0.6) is 0 Å². The van der Waals surface area contributed by atoms with Crippen molar-refractivity contribution in [2.45, 2.75) is 26.2 Å². The second-order valence-corrected chi connectivity index (χ2v) is 5.00. The third kappa shape index (κ3) is 2.66. The van der Waals surface area contributed by atoms with Gasteiger partial charge in [-0.05, 0) is 13.0 Å². The molecule has 2 aromatic rings. The highest BCUT2D eigenvalue weighted by Gasteiger charge is 2.35. The zero-order valence-corrected chi connectivity index (χ0v) is 11.6. The summed E-state index contributed by atoms with van der Waals surface area (Å²) < 4.78 is 39.6. The summed E-state index contributed by atoms with van der Waals surface area (Å²) in [5, 5.41) is 0. The largest absolute Gasteiger partial charge is 0.451 e. The highest BCUT2D eigenvalue weighted by Crippen LogP contribution is 2.26. The van der Waals surface area contributed by atoms with Gasteiger partial charge in [-0.1, -0.05) is 0 Å². The van der Waals surface area contributed by atoms with Crippen LogP contribution in [0.2, 0.25) is 0 Å². The smallest absolute Gasteiger partial charge is 0.328 e. The van der Waals surface area contributed by atoms with Gasteiger partial charge in [-0.3, -0.25) is 4.79 Å². The number of aromatic nitrogens is 4. The number of carbonyl (C=O) groups excluding carboxylic acids is 1. The first-order valence-electron chi connectivity index (χ1n) is 6.57. The molecule has 0 saturated heterocycles. The van der Waals surface area contributed by atoms with Crippen molar-refractivity contribution in [3.05, 3.63) is 41.5 Å². The van der Waals surface area contributed by atoms with Gasteiger partial charge in [-0.2, -0.15) is 13.2 Å². The van der Waals surface area contributed by atoms with Gasteiger partial charge >= 0.3 is 6.18 Å². The molecule has 0 N–H and O–H groups in total. The second kappa shape index (κ2) is 5.08. The monoisotopic (exact) mass is 311 g/mol. The van der Waals surface area contributed by atoms with Crippen molar-refractivity contribution < 1.29 is 18.0 Å². The van der Waals surface area contributed by atoms with Crippen LogP contribution >= 0.6 is 0 Å². The molecule has 0 aliphatic carbocycles. The van der Waals surface area contributed by atoms with Crippen LogP contribution in [0.4, 0.5) is 13.2 Å². The molecule has 0 saturated carbocycles. The predicted octanol–water partition coefficient (Wildman–Crippen LogP) is 1.66. The number of alkyl halides is 3. The molecule has 1 aliphatic rings. The number of nitrogens with zero attached hydrogens (tertiary/aromatic N) is 5. The van der Waals surface area contributed by atoms with Gasteiger partial charge in [0, 0.05) is 25.5 Å². The van der Waals surface area contributed by atoms with E-state index in [-0.39, 0.29) is 18.1 Å². The minimum atomic E-state index is -4.60. The van der Waals surface area contributed by atoms with Crippen LogP contribution in [0.25, 0.3) is 0 Å². The summed E-state index contributed by atoms with van der Waals surface area (Å²) >= 11 is 0. The Morgan fingerprint density at radius 1 is 1.27 bits per heavy atom. The zero-order valence-electron chi connectivity index (χ0n) is 11.6. The maximum Gasteiger partial charge on any atom is 0.451 e. The van der Waals surface area contributed by atoms with Crippen LogP contribution < -0.4 is 0 Å². The van der Waals surface area contributed by atoms with Crippen molar-refractivity contribution in [1.82, 2.24) is 24.4 Å². The Balaban J connectivity index is 1.81. The quantitative estimate of drug-likeness (QED) is 0.846. The Labute approximate surface area is 123 Å². The maximum absolute atomic E-state index is 12.6. The van der Waals surface area contributed by atoms with Crippen molar-refractivity contribution in [1.29, 1.82) is 0 Å². The molecular weight excluding hydrogens is 299 g/mol. The average Bonchev–Trinajstić information content (AvgIpc) is 2.83. The Hall–Kier alpha value is -2.45. The van der Waals surface area contributed by atoms with Crippen molar-refractivity contribution in [2.24, 2.45) is 0 Å². The lowest BCUT2D eigenvalue weighted by Crippen LogP contribution is -2.40. The van der Waals surface area contributed by atoms with Gasteiger partial charge in [0.15, 0.2) is 5.82 Å². The Kier molecular flexibility index (Phi) is 3.34. The third-order valence-corrected chi connectivity index (χ3v) is 3.31. The van der Waals surface area contributed by atoms with Crippen LogP contribution in [-0.2, 0) is 19.3 Å².